The number of carbonyl (C=O) groups is 1. The van der Waals surface area contributed by atoms with E-state index in [0.717, 1.165) is 25.9 Å². The number of nitro benzene ring substituents is 1. The Morgan fingerprint density at radius 3 is 3.00 bits per heavy atom. The highest BCUT2D eigenvalue weighted by atomic mass is 16.6. The van der Waals surface area contributed by atoms with E-state index in [4.69, 9.17) is 0 Å². The Kier molecular flexibility index (Phi) is 5.08. The minimum atomic E-state index is -0.449. The summed E-state index contributed by atoms with van der Waals surface area (Å²) in [6.07, 6.45) is 3.48. The van der Waals surface area contributed by atoms with Gasteiger partial charge < -0.3 is 10.2 Å². The van der Waals surface area contributed by atoms with E-state index >= 15 is 0 Å². The van der Waals surface area contributed by atoms with Crippen LogP contribution < -0.4 is 5.32 Å². The number of rotatable bonds is 6. The van der Waals surface area contributed by atoms with Gasteiger partial charge in [0.1, 0.15) is 0 Å². The highest BCUT2D eigenvalue weighted by molar-refractivity contribution is 5.92. The average molecular weight is 343 g/mol. The zero-order chi connectivity index (χ0) is 17.8. The van der Waals surface area contributed by atoms with Crippen molar-refractivity contribution >= 4 is 11.6 Å². The Bertz CT molecular complexity index is 767. The fourth-order valence-corrected chi connectivity index (χ4v) is 3.07. The van der Waals surface area contributed by atoms with Crippen LogP contribution in [0.4, 0.5) is 5.69 Å². The van der Waals surface area contributed by atoms with E-state index in [2.05, 4.69) is 10.4 Å². The number of carbonyl (C=O) groups excluding carboxylic acids is 1. The fourth-order valence-electron chi connectivity index (χ4n) is 3.07. The van der Waals surface area contributed by atoms with Gasteiger partial charge in [0, 0.05) is 37.5 Å². The van der Waals surface area contributed by atoms with Crippen molar-refractivity contribution in [1.82, 2.24) is 20.0 Å². The number of nitrogens with zero attached hydrogens (tertiary/aromatic N) is 4. The summed E-state index contributed by atoms with van der Waals surface area (Å²) in [5.74, 6) is -0.0975. The highest BCUT2D eigenvalue weighted by Gasteiger charge is 2.28. The summed E-state index contributed by atoms with van der Waals surface area (Å²) in [7, 11) is 0. The molecular weight excluding hydrogens is 322 g/mol. The number of hydrogen-bond acceptors (Lipinski definition) is 5. The van der Waals surface area contributed by atoms with Crippen molar-refractivity contribution in [3.63, 3.8) is 0 Å². The SMILES string of the molecule is CCCN(C(=O)c1ccn(-c2cccc([N+](=O)[O-])c2)n1)C1CCNC1. The molecule has 1 aliphatic rings. The summed E-state index contributed by atoms with van der Waals surface area (Å²) in [4.78, 5) is 25.2. The van der Waals surface area contributed by atoms with Crippen LogP contribution in [0.5, 0.6) is 0 Å². The Labute approximate surface area is 145 Å². The summed E-state index contributed by atoms with van der Waals surface area (Å²) in [6.45, 7) is 4.46. The van der Waals surface area contributed by atoms with E-state index in [9.17, 15) is 14.9 Å². The van der Waals surface area contributed by atoms with Crippen LogP contribution in [-0.2, 0) is 0 Å². The highest BCUT2D eigenvalue weighted by Crippen LogP contribution is 2.18. The van der Waals surface area contributed by atoms with Crippen molar-refractivity contribution < 1.29 is 9.72 Å². The third kappa shape index (κ3) is 3.69. The number of amides is 1. The second-order valence-corrected chi connectivity index (χ2v) is 6.07. The monoisotopic (exact) mass is 343 g/mol. The first-order valence-electron chi connectivity index (χ1n) is 8.42. The molecule has 2 heterocycles. The van der Waals surface area contributed by atoms with Crippen LogP contribution >= 0.6 is 0 Å². The van der Waals surface area contributed by atoms with Crippen molar-refractivity contribution in [1.29, 1.82) is 0 Å². The zero-order valence-corrected chi connectivity index (χ0v) is 14.1. The van der Waals surface area contributed by atoms with E-state index in [-0.39, 0.29) is 17.6 Å². The second kappa shape index (κ2) is 7.43. The molecule has 0 radical (unpaired) electrons. The van der Waals surface area contributed by atoms with E-state index in [1.807, 2.05) is 11.8 Å². The van der Waals surface area contributed by atoms with Crippen molar-refractivity contribution in [3.8, 4) is 5.69 Å². The standard InChI is InChI=1S/C17H21N5O3/c1-2-9-20(15-6-8-18-12-15)17(23)16-7-10-21(19-16)13-4-3-5-14(11-13)22(24)25/h3-5,7,10-11,15,18H,2,6,8-9,12H2,1H3. The molecule has 25 heavy (non-hydrogen) atoms. The lowest BCUT2D eigenvalue weighted by Crippen LogP contribution is -2.42. The van der Waals surface area contributed by atoms with Gasteiger partial charge in [-0.1, -0.05) is 13.0 Å². The number of nitrogens with one attached hydrogen (secondary N) is 1. The summed E-state index contributed by atoms with van der Waals surface area (Å²) in [5.41, 5.74) is 0.898. The van der Waals surface area contributed by atoms with Crippen molar-refractivity contribution in [2.45, 2.75) is 25.8 Å². The van der Waals surface area contributed by atoms with Gasteiger partial charge in [-0.2, -0.15) is 5.10 Å². The molecule has 1 saturated heterocycles. The van der Waals surface area contributed by atoms with E-state index < -0.39 is 4.92 Å². The number of nitro groups is 1. The first-order chi connectivity index (χ1) is 12.1. The molecule has 0 bridgehead atoms. The molecule has 1 fully saturated rings. The topological polar surface area (TPSA) is 93.3 Å². The maximum absolute atomic E-state index is 12.9. The normalized spacial score (nSPS) is 16.8. The second-order valence-electron chi connectivity index (χ2n) is 6.07. The van der Waals surface area contributed by atoms with Crippen LogP contribution in [0.2, 0.25) is 0 Å². The van der Waals surface area contributed by atoms with E-state index in [1.54, 1.807) is 24.4 Å². The average Bonchev–Trinajstić information content (AvgIpc) is 3.31. The Hall–Kier alpha value is -2.74. The molecule has 1 unspecified atom stereocenters. The summed E-state index contributed by atoms with van der Waals surface area (Å²) < 4.78 is 1.50. The molecule has 1 aromatic heterocycles. The van der Waals surface area contributed by atoms with Gasteiger partial charge >= 0.3 is 0 Å². The lowest BCUT2D eigenvalue weighted by atomic mass is 10.2. The van der Waals surface area contributed by atoms with Gasteiger partial charge in [-0.3, -0.25) is 14.9 Å². The largest absolute Gasteiger partial charge is 0.333 e. The van der Waals surface area contributed by atoms with Crippen LogP contribution in [0.3, 0.4) is 0 Å². The lowest BCUT2D eigenvalue weighted by Gasteiger charge is -2.27. The molecule has 3 rings (SSSR count). The van der Waals surface area contributed by atoms with Crippen molar-refractivity contribution in [2.75, 3.05) is 19.6 Å². The molecule has 0 spiro atoms. The van der Waals surface area contributed by atoms with Gasteiger partial charge in [0.05, 0.1) is 10.6 Å². The van der Waals surface area contributed by atoms with Crippen LogP contribution in [0.15, 0.2) is 36.5 Å². The van der Waals surface area contributed by atoms with Crippen LogP contribution in [-0.4, -0.2) is 51.2 Å². The molecule has 1 aliphatic heterocycles. The first kappa shape index (κ1) is 17.1. The van der Waals surface area contributed by atoms with E-state index in [1.165, 1.54) is 16.8 Å². The third-order valence-electron chi connectivity index (χ3n) is 4.31. The van der Waals surface area contributed by atoms with Gasteiger partial charge in [-0.25, -0.2) is 4.68 Å². The minimum Gasteiger partial charge on any atom is -0.333 e. The van der Waals surface area contributed by atoms with Gasteiger partial charge in [-0.05, 0) is 31.5 Å². The maximum atomic E-state index is 12.9. The molecule has 1 N–H and O–H groups in total. The van der Waals surface area contributed by atoms with Gasteiger partial charge in [0.15, 0.2) is 5.69 Å². The maximum Gasteiger partial charge on any atom is 0.274 e. The number of non-ortho nitro benzene ring substituents is 1. The van der Waals surface area contributed by atoms with Crippen molar-refractivity contribution in [2.24, 2.45) is 0 Å². The molecule has 8 heteroatoms. The van der Waals surface area contributed by atoms with Gasteiger partial charge in [-0.15, -0.1) is 0 Å². The number of benzene rings is 1. The molecule has 1 atom stereocenters. The van der Waals surface area contributed by atoms with E-state index in [0.29, 0.717) is 17.9 Å². The molecule has 8 nitrogen and oxygen atoms in total. The molecule has 2 aromatic rings. The number of aromatic nitrogens is 2. The molecular formula is C17H21N5O3. The predicted molar refractivity (Wildman–Crippen MR) is 92.8 cm³/mol. The quantitative estimate of drug-likeness (QED) is 0.639. The Morgan fingerprint density at radius 1 is 1.48 bits per heavy atom. The van der Waals surface area contributed by atoms with Crippen molar-refractivity contribution in [3.05, 3.63) is 52.3 Å². The van der Waals surface area contributed by atoms with Gasteiger partial charge in [0.2, 0.25) is 0 Å². The lowest BCUT2D eigenvalue weighted by molar-refractivity contribution is -0.384. The summed E-state index contributed by atoms with van der Waals surface area (Å²) in [6, 6.07) is 8.03. The Balaban J connectivity index is 1.83. The first-order valence-corrected chi connectivity index (χ1v) is 8.42. The smallest absolute Gasteiger partial charge is 0.274 e. The molecule has 1 aromatic carbocycles. The van der Waals surface area contributed by atoms with Crippen LogP contribution in [0.1, 0.15) is 30.3 Å². The molecule has 0 aliphatic carbocycles. The molecule has 1 amide bonds. The fraction of sp³-hybridized carbons (Fsp3) is 0.412. The zero-order valence-electron chi connectivity index (χ0n) is 14.1. The predicted octanol–water partition coefficient (Wildman–Crippen LogP) is 1.99. The van der Waals surface area contributed by atoms with Gasteiger partial charge in [0.25, 0.3) is 11.6 Å². The summed E-state index contributed by atoms with van der Waals surface area (Å²) in [5, 5.41) is 18.5. The van der Waals surface area contributed by atoms with Crippen LogP contribution in [0.25, 0.3) is 5.69 Å². The summed E-state index contributed by atoms with van der Waals surface area (Å²) >= 11 is 0. The minimum absolute atomic E-state index is 0.00878. The van der Waals surface area contributed by atoms with Crippen LogP contribution in [0, 0.1) is 10.1 Å². The molecule has 0 saturated carbocycles. The Morgan fingerprint density at radius 2 is 2.32 bits per heavy atom. The molecule has 132 valence electrons. The number of hydrogen-bond donors (Lipinski definition) is 1. The third-order valence-corrected chi connectivity index (χ3v) is 4.31.